The molecule has 1 N–H and O–H groups in total. The summed E-state index contributed by atoms with van der Waals surface area (Å²) in [4.78, 5) is 4.51. The molecular weight excluding hydrogens is 198 g/mol. The van der Waals surface area contributed by atoms with Crippen molar-refractivity contribution in [3.05, 3.63) is 29.6 Å². The first-order chi connectivity index (χ1) is 7.69. The van der Waals surface area contributed by atoms with Crippen LogP contribution >= 0.6 is 0 Å². The molecule has 0 bridgehead atoms. The molecule has 86 valence electrons. The number of rotatable bonds is 1. The molecule has 1 saturated carbocycles. The Hall–Kier alpha value is -0.890. The standard InChI is InChI=1S/C14H19NO/c1-10-8-14(16,9-10)12-6-2-4-11-5-3-7-15-13(11)12/h3,5,7,10,12,16H,2,4,6,8-9H2,1H3. The second-order valence-electron chi connectivity index (χ2n) is 5.61. The summed E-state index contributed by atoms with van der Waals surface area (Å²) < 4.78 is 0. The van der Waals surface area contributed by atoms with Crippen molar-refractivity contribution >= 4 is 0 Å². The van der Waals surface area contributed by atoms with E-state index in [0.29, 0.717) is 5.92 Å². The maximum absolute atomic E-state index is 10.6. The van der Waals surface area contributed by atoms with Crippen LogP contribution in [0.3, 0.4) is 0 Å². The van der Waals surface area contributed by atoms with Gasteiger partial charge in [-0.1, -0.05) is 13.0 Å². The van der Waals surface area contributed by atoms with Crippen LogP contribution in [0.1, 0.15) is 49.8 Å². The van der Waals surface area contributed by atoms with Crippen LogP contribution in [0, 0.1) is 5.92 Å². The number of aryl methyl sites for hydroxylation is 1. The molecule has 1 aromatic heterocycles. The molecule has 1 atom stereocenters. The molecule has 0 spiro atoms. The number of hydrogen-bond acceptors (Lipinski definition) is 2. The highest BCUT2D eigenvalue weighted by atomic mass is 16.3. The Bertz CT molecular complexity index is 395. The van der Waals surface area contributed by atoms with Crippen LogP contribution in [0.15, 0.2) is 18.3 Å². The van der Waals surface area contributed by atoms with Gasteiger partial charge in [0.1, 0.15) is 0 Å². The molecule has 0 aliphatic heterocycles. The topological polar surface area (TPSA) is 33.1 Å². The Morgan fingerprint density at radius 2 is 2.25 bits per heavy atom. The molecule has 2 aliphatic carbocycles. The second kappa shape index (κ2) is 3.56. The molecule has 0 saturated heterocycles. The predicted octanol–water partition coefficient (Wildman–Crippen LogP) is 2.66. The summed E-state index contributed by atoms with van der Waals surface area (Å²) in [6.07, 6.45) is 7.20. The van der Waals surface area contributed by atoms with Gasteiger partial charge in [-0.05, 0) is 49.7 Å². The van der Waals surface area contributed by atoms with Crippen LogP contribution in [0.2, 0.25) is 0 Å². The molecule has 1 aromatic rings. The fraction of sp³-hybridized carbons (Fsp3) is 0.643. The Labute approximate surface area is 96.7 Å². The summed E-state index contributed by atoms with van der Waals surface area (Å²) in [5.74, 6) is 0.965. The molecule has 16 heavy (non-hydrogen) atoms. The van der Waals surface area contributed by atoms with Crippen molar-refractivity contribution in [3.63, 3.8) is 0 Å². The number of hydrogen-bond donors (Lipinski definition) is 1. The lowest BCUT2D eigenvalue weighted by Crippen LogP contribution is -2.48. The summed E-state index contributed by atoms with van der Waals surface area (Å²) in [5.41, 5.74) is 2.07. The predicted molar refractivity (Wildman–Crippen MR) is 63.3 cm³/mol. The zero-order valence-electron chi connectivity index (χ0n) is 9.82. The molecule has 1 heterocycles. The smallest absolute Gasteiger partial charge is 0.0736 e. The Morgan fingerprint density at radius 3 is 3.00 bits per heavy atom. The van der Waals surface area contributed by atoms with E-state index in [0.717, 1.165) is 25.7 Å². The molecule has 1 unspecified atom stereocenters. The van der Waals surface area contributed by atoms with E-state index in [1.54, 1.807) is 0 Å². The highest BCUT2D eigenvalue weighted by molar-refractivity contribution is 5.29. The number of nitrogens with zero attached hydrogens (tertiary/aromatic N) is 1. The van der Waals surface area contributed by atoms with Gasteiger partial charge in [-0.3, -0.25) is 4.98 Å². The molecule has 2 heteroatoms. The van der Waals surface area contributed by atoms with Gasteiger partial charge in [-0.15, -0.1) is 0 Å². The van der Waals surface area contributed by atoms with E-state index >= 15 is 0 Å². The van der Waals surface area contributed by atoms with Crippen molar-refractivity contribution in [3.8, 4) is 0 Å². The fourth-order valence-electron chi connectivity index (χ4n) is 3.56. The van der Waals surface area contributed by atoms with E-state index in [4.69, 9.17) is 0 Å². The van der Waals surface area contributed by atoms with Gasteiger partial charge < -0.3 is 5.11 Å². The lowest BCUT2D eigenvalue weighted by Gasteiger charge is -2.48. The van der Waals surface area contributed by atoms with E-state index in [9.17, 15) is 5.11 Å². The molecule has 3 rings (SSSR count). The second-order valence-corrected chi connectivity index (χ2v) is 5.61. The van der Waals surface area contributed by atoms with Crippen LogP contribution < -0.4 is 0 Å². The van der Waals surface area contributed by atoms with E-state index in [1.807, 2.05) is 12.3 Å². The molecule has 0 amide bonds. The third kappa shape index (κ3) is 1.47. The minimum absolute atomic E-state index is 0.286. The maximum Gasteiger partial charge on any atom is 0.0736 e. The van der Waals surface area contributed by atoms with Gasteiger partial charge in [0.05, 0.1) is 5.60 Å². The first kappa shape index (κ1) is 10.3. The number of pyridine rings is 1. The van der Waals surface area contributed by atoms with Crippen molar-refractivity contribution in [1.82, 2.24) is 4.98 Å². The van der Waals surface area contributed by atoms with Gasteiger partial charge in [-0.25, -0.2) is 0 Å². The third-order valence-electron chi connectivity index (χ3n) is 4.25. The minimum atomic E-state index is -0.455. The quantitative estimate of drug-likeness (QED) is 0.784. The van der Waals surface area contributed by atoms with E-state index < -0.39 is 5.60 Å². The van der Waals surface area contributed by atoms with E-state index in [2.05, 4.69) is 18.0 Å². The summed E-state index contributed by atoms with van der Waals surface area (Å²) in [5, 5.41) is 10.6. The molecule has 2 aliphatic rings. The summed E-state index contributed by atoms with van der Waals surface area (Å²) in [6.45, 7) is 2.22. The molecule has 1 fully saturated rings. The van der Waals surface area contributed by atoms with Crippen molar-refractivity contribution in [2.45, 2.75) is 50.5 Å². The van der Waals surface area contributed by atoms with Crippen molar-refractivity contribution in [1.29, 1.82) is 0 Å². The van der Waals surface area contributed by atoms with Gasteiger partial charge in [0.15, 0.2) is 0 Å². The normalized spacial score (nSPS) is 37.6. The first-order valence-corrected chi connectivity index (χ1v) is 6.35. The van der Waals surface area contributed by atoms with Crippen LogP contribution in [-0.4, -0.2) is 15.7 Å². The van der Waals surface area contributed by atoms with Crippen LogP contribution in [0.5, 0.6) is 0 Å². The number of aliphatic hydroxyl groups is 1. The lowest BCUT2D eigenvalue weighted by atomic mass is 9.61. The Kier molecular flexibility index (Phi) is 2.28. The van der Waals surface area contributed by atoms with Gasteiger partial charge >= 0.3 is 0 Å². The zero-order chi connectivity index (χ0) is 11.2. The largest absolute Gasteiger partial charge is 0.389 e. The number of aromatic nitrogens is 1. The van der Waals surface area contributed by atoms with Gasteiger partial charge in [0.25, 0.3) is 0 Å². The summed E-state index contributed by atoms with van der Waals surface area (Å²) in [6, 6.07) is 4.18. The van der Waals surface area contributed by atoms with Crippen LogP contribution in [0.4, 0.5) is 0 Å². The number of fused-ring (bicyclic) bond motifs is 1. The van der Waals surface area contributed by atoms with E-state index in [-0.39, 0.29) is 5.92 Å². The fourth-order valence-corrected chi connectivity index (χ4v) is 3.56. The highest BCUT2D eigenvalue weighted by Crippen LogP contribution is 2.50. The van der Waals surface area contributed by atoms with Gasteiger partial charge in [0, 0.05) is 17.8 Å². The minimum Gasteiger partial charge on any atom is -0.389 e. The molecule has 2 nitrogen and oxygen atoms in total. The summed E-state index contributed by atoms with van der Waals surface area (Å²) >= 11 is 0. The van der Waals surface area contributed by atoms with Crippen molar-refractivity contribution in [2.75, 3.05) is 0 Å². The van der Waals surface area contributed by atoms with Gasteiger partial charge in [-0.2, -0.15) is 0 Å². The average molecular weight is 217 g/mol. The maximum atomic E-state index is 10.6. The van der Waals surface area contributed by atoms with Gasteiger partial charge in [0.2, 0.25) is 0 Å². The van der Waals surface area contributed by atoms with Crippen molar-refractivity contribution in [2.24, 2.45) is 5.92 Å². The summed E-state index contributed by atoms with van der Waals surface area (Å²) in [7, 11) is 0. The average Bonchev–Trinajstić information content (AvgIpc) is 2.26. The third-order valence-corrected chi connectivity index (χ3v) is 4.25. The molecule has 0 aromatic carbocycles. The monoisotopic (exact) mass is 217 g/mol. The highest BCUT2D eigenvalue weighted by Gasteiger charge is 2.48. The van der Waals surface area contributed by atoms with Crippen LogP contribution in [-0.2, 0) is 6.42 Å². The van der Waals surface area contributed by atoms with Crippen molar-refractivity contribution < 1.29 is 5.11 Å². The SMILES string of the molecule is CC1CC(O)(C2CCCc3cccnc32)C1. The lowest BCUT2D eigenvalue weighted by molar-refractivity contribution is -0.0934. The zero-order valence-corrected chi connectivity index (χ0v) is 9.82. The van der Waals surface area contributed by atoms with E-state index in [1.165, 1.54) is 17.7 Å². The van der Waals surface area contributed by atoms with Crippen LogP contribution in [0.25, 0.3) is 0 Å². The first-order valence-electron chi connectivity index (χ1n) is 6.35. The Balaban J connectivity index is 1.93. The molecule has 0 radical (unpaired) electrons. The Morgan fingerprint density at radius 1 is 1.44 bits per heavy atom. The molecular formula is C14H19NO.